The summed E-state index contributed by atoms with van der Waals surface area (Å²) in [6.07, 6.45) is 0.970. The van der Waals surface area contributed by atoms with Gasteiger partial charge >= 0.3 is 5.69 Å². The van der Waals surface area contributed by atoms with Gasteiger partial charge in [-0.2, -0.15) is 0 Å². The standard InChI is InChI=1S/C13H20N2O4/c1-3-6-14(7-8-16)10-11-4-5-13(19-2)12(9-11)15(17)18/h4-5,9,16H,3,6-8,10H2,1-2H3. The molecule has 0 aliphatic heterocycles. The monoisotopic (exact) mass is 268 g/mol. The Balaban J connectivity index is 2.88. The fourth-order valence-electron chi connectivity index (χ4n) is 1.96. The van der Waals surface area contributed by atoms with Crippen LogP contribution < -0.4 is 4.74 Å². The molecule has 0 unspecified atom stereocenters. The van der Waals surface area contributed by atoms with Crippen molar-refractivity contribution in [3.63, 3.8) is 0 Å². The lowest BCUT2D eigenvalue weighted by Crippen LogP contribution is -2.27. The number of aliphatic hydroxyl groups excluding tert-OH is 1. The minimum Gasteiger partial charge on any atom is -0.490 e. The van der Waals surface area contributed by atoms with Gasteiger partial charge in [0.2, 0.25) is 0 Å². The number of rotatable bonds is 8. The van der Waals surface area contributed by atoms with Crippen LogP contribution in [0.5, 0.6) is 5.75 Å². The number of benzene rings is 1. The van der Waals surface area contributed by atoms with E-state index in [-0.39, 0.29) is 18.0 Å². The van der Waals surface area contributed by atoms with Gasteiger partial charge in [0.15, 0.2) is 5.75 Å². The maximum atomic E-state index is 10.9. The lowest BCUT2D eigenvalue weighted by molar-refractivity contribution is -0.385. The number of nitrogens with zero attached hydrogens (tertiary/aromatic N) is 2. The number of nitro groups is 1. The van der Waals surface area contributed by atoms with Crippen LogP contribution in [0.1, 0.15) is 18.9 Å². The highest BCUT2D eigenvalue weighted by Crippen LogP contribution is 2.27. The molecule has 1 N–H and O–H groups in total. The van der Waals surface area contributed by atoms with E-state index in [9.17, 15) is 10.1 Å². The van der Waals surface area contributed by atoms with E-state index in [1.165, 1.54) is 13.2 Å². The minimum atomic E-state index is -0.446. The number of hydrogen-bond acceptors (Lipinski definition) is 5. The van der Waals surface area contributed by atoms with E-state index in [1.807, 2.05) is 6.07 Å². The molecule has 106 valence electrons. The lowest BCUT2D eigenvalue weighted by Gasteiger charge is -2.20. The Bertz CT molecular complexity index is 417. The van der Waals surface area contributed by atoms with Crippen LogP contribution in [0.2, 0.25) is 0 Å². The third-order valence-corrected chi connectivity index (χ3v) is 2.80. The van der Waals surface area contributed by atoms with E-state index >= 15 is 0 Å². The van der Waals surface area contributed by atoms with E-state index in [4.69, 9.17) is 9.84 Å². The van der Waals surface area contributed by atoms with Gasteiger partial charge in [-0.15, -0.1) is 0 Å². The van der Waals surface area contributed by atoms with Crippen LogP contribution in [-0.4, -0.2) is 41.7 Å². The summed E-state index contributed by atoms with van der Waals surface area (Å²) in [5.74, 6) is 0.262. The van der Waals surface area contributed by atoms with Crippen molar-refractivity contribution in [3.8, 4) is 5.75 Å². The predicted molar refractivity (Wildman–Crippen MR) is 72.3 cm³/mol. The second-order valence-corrected chi connectivity index (χ2v) is 4.26. The van der Waals surface area contributed by atoms with Crippen molar-refractivity contribution in [3.05, 3.63) is 33.9 Å². The molecule has 0 fully saturated rings. The lowest BCUT2D eigenvalue weighted by atomic mass is 10.1. The maximum absolute atomic E-state index is 10.9. The average molecular weight is 268 g/mol. The molecule has 0 heterocycles. The summed E-state index contributed by atoms with van der Waals surface area (Å²) in [5, 5.41) is 19.9. The van der Waals surface area contributed by atoms with Crippen molar-refractivity contribution >= 4 is 5.69 Å². The van der Waals surface area contributed by atoms with Crippen LogP contribution in [0.4, 0.5) is 5.69 Å². The highest BCUT2D eigenvalue weighted by atomic mass is 16.6. The molecule has 0 spiro atoms. The Labute approximate surface area is 112 Å². The van der Waals surface area contributed by atoms with E-state index < -0.39 is 4.92 Å². The van der Waals surface area contributed by atoms with Crippen LogP contribution in [0, 0.1) is 10.1 Å². The third-order valence-electron chi connectivity index (χ3n) is 2.80. The van der Waals surface area contributed by atoms with Gasteiger partial charge < -0.3 is 9.84 Å². The Morgan fingerprint density at radius 3 is 2.68 bits per heavy atom. The minimum absolute atomic E-state index is 0.0274. The number of methoxy groups -OCH3 is 1. The highest BCUT2D eigenvalue weighted by Gasteiger charge is 2.16. The van der Waals surface area contributed by atoms with Gasteiger partial charge in [0.1, 0.15) is 0 Å². The topological polar surface area (TPSA) is 75.8 Å². The number of nitro benzene ring substituents is 1. The molecule has 0 aliphatic rings. The first-order valence-corrected chi connectivity index (χ1v) is 6.26. The SMILES string of the molecule is CCCN(CCO)Cc1ccc(OC)c([N+](=O)[O-])c1. The van der Waals surface area contributed by atoms with E-state index in [1.54, 1.807) is 6.07 Å². The van der Waals surface area contributed by atoms with Crippen molar-refractivity contribution in [2.24, 2.45) is 0 Å². The molecule has 6 heteroatoms. The predicted octanol–water partition coefficient (Wildman–Crippen LogP) is 1.81. The number of ether oxygens (including phenoxy) is 1. The molecule has 19 heavy (non-hydrogen) atoms. The zero-order chi connectivity index (χ0) is 14.3. The highest BCUT2D eigenvalue weighted by molar-refractivity contribution is 5.48. The number of hydrogen-bond donors (Lipinski definition) is 1. The first-order valence-electron chi connectivity index (χ1n) is 6.26. The smallest absolute Gasteiger partial charge is 0.311 e. The van der Waals surface area contributed by atoms with Crippen molar-refractivity contribution in [1.82, 2.24) is 4.90 Å². The normalized spacial score (nSPS) is 10.7. The van der Waals surface area contributed by atoms with Gasteiger partial charge in [-0.25, -0.2) is 0 Å². The Morgan fingerprint density at radius 1 is 1.42 bits per heavy atom. The average Bonchev–Trinajstić information content (AvgIpc) is 2.39. The Hall–Kier alpha value is -1.66. The summed E-state index contributed by atoms with van der Waals surface area (Å²) >= 11 is 0. The van der Waals surface area contributed by atoms with Gasteiger partial charge in [-0.1, -0.05) is 13.0 Å². The summed E-state index contributed by atoms with van der Waals surface area (Å²) in [6, 6.07) is 4.95. The van der Waals surface area contributed by atoms with Gasteiger partial charge in [0.05, 0.1) is 18.6 Å². The molecule has 0 saturated carbocycles. The Morgan fingerprint density at radius 2 is 2.16 bits per heavy atom. The third kappa shape index (κ3) is 4.50. The summed E-state index contributed by atoms with van der Waals surface area (Å²) in [6.45, 7) is 4.13. The molecule has 1 rings (SSSR count). The van der Waals surface area contributed by atoms with Gasteiger partial charge in [-0.05, 0) is 24.6 Å². The number of aliphatic hydroxyl groups is 1. The second kappa shape index (κ2) is 7.70. The van der Waals surface area contributed by atoms with Crippen molar-refractivity contribution in [1.29, 1.82) is 0 Å². The Kier molecular flexibility index (Phi) is 6.24. The van der Waals surface area contributed by atoms with E-state index in [0.29, 0.717) is 13.1 Å². The molecule has 6 nitrogen and oxygen atoms in total. The van der Waals surface area contributed by atoms with Crippen molar-refractivity contribution < 1.29 is 14.8 Å². The summed E-state index contributed by atoms with van der Waals surface area (Å²) in [5.41, 5.74) is 0.815. The van der Waals surface area contributed by atoms with E-state index in [2.05, 4.69) is 11.8 Å². The summed E-state index contributed by atoms with van der Waals surface area (Å²) in [7, 11) is 1.41. The maximum Gasteiger partial charge on any atom is 0.311 e. The molecular weight excluding hydrogens is 248 g/mol. The first kappa shape index (κ1) is 15.4. The van der Waals surface area contributed by atoms with Gasteiger partial charge in [0, 0.05) is 19.2 Å². The van der Waals surface area contributed by atoms with Crippen LogP contribution in [0.25, 0.3) is 0 Å². The summed E-state index contributed by atoms with van der Waals surface area (Å²) in [4.78, 5) is 12.6. The van der Waals surface area contributed by atoms with Gasteiger partial charge in [0.25, 0.3) is 0 Å². The molecule has 0 saturated heterocycles. The van der Waals surface area contributed by atoms with Crippen LogP contribution >= 0.6 is 0 Å². The molecule has 0 radical (unpaired) electrons. The molecule has 0 bridgehead atoms. The zero-order valence-corrected chi connectivity index (χ0v) is 11.3. The van der Waals surface area contributed by atoms with Crippen molar-refractivity contribution in [2.45, 2.75) is 19.9 Å². The fourth-order valence-corrected chi connectivity index (χ4v) is 1.96. The quantitative estimate of drug-likeness (QED) is 0.575. The first-order chi connectivity index (χ1) is 9.12. The molecule has 1 aromatic rings. The van der Waals surface area contributed by atoms with E-state index in [0.717, 1.165) is 18.5 Å². The summed E-state index contributed by atoms with van der Waals surface area (Å²) < 4.78 is 4.97. The molecule has 0 aromatic heterocycles. The fraction of sp³-hybridized carbons (Fsp3) is 0.538. The van der Waals surface area contributed by atoms with Crippen molar-refractivity contribution in [2.75, 3.05) is 26.8 Å². The molecule has 0 aliphatic carbocycles. The van der Waals surface area contributed by atoms with Crippen LogP contribution in [0.15, 0.2) is 18.2 Å². The van der Waals surface area contributed by atoms with Crippen LogP contribution in [-0.2, 0) is 6.54 Å². The second-order valence-electron chi connectivity index (χ2n) is 4.26. The largest absolute Gasteiger partial charge is 0.490 e. The molecule has 1 aromatic carbocycles. The molecule has 0 atom stereocenters. The van der Waals surface area contributed by atoms with Gasteiger partial charge in [-0.3, -0.25) is 15.0 Å². The molecule has 0 amide bonds. The van der Waals surface area contributed by atoms with Crippen LogP contribution in [0.3, 0.4) is 0 Å². The molecular formula is C13H20N2O4. The zero-order valence-electron chi connectivity index (χ0n) is 11.3.